The van der Waals surface area contributed by atoms with E-state index in [1.54, 1.807) is 6.92 Å². The molecule has 174 valence electrons. The van der Waals surface area contributed by atoms with E-state index in [0.29, 0.717) is 6.42 Å². The summed E-state index contributed by atoms with van der Waals surface area (Å²) in [6.07, 6.45) is 28.2. The highest BCUT2D eigenvalue weighted by atomic mass is 16.4. The lowest BCUT2D eigenvalue weighted by atomic mass is 10.0. The number of carbonyl (C=O) groups excluding carboxylic acids is 1. The molecule has 0 radical (unpaired) electrons. The molecule has 0 saturated carbocycles. The van der Waals surface area contributed by atoms with Gasteiger partial charge in [0, 0.05) is 6.42 Å². The van der Waals surface area contributed by atoms with E-state index in [1.165, 1.54) is 25.7 Å². The van der Waals surface area contributed by atoms with Crippen LogP contribution in [0.3, 0.4) is 0 Å². The molecule has 1 unspecified atom stereocenters. The maximum Gasteiger partial charge on any atom is 0.306 e. The highest BCUT2D eigenvalue weighted by Gasteiger charge is 2.08. The van der Waals surface area contributed by atoms with Crippen molar-refractivity contribution in [2.45, 2.75) is 111 Å². The van der Waals surface area contributed by atoms with Crippen LogP contribution in [0.4, 0.5) is 0 Å². The molecule has 0 bridgehead atoms. The number of rotatable bonds is 18. The summed E-state index contributed by atoms with van der Waals surface area (Å²) in [5.74, 6) is -1.03. The third-order valence-electron chi connectivity index (χ3n) is 4.72. The van der Waals surface area contributed by atoms with Crippen LogP contribution in [0.1, 0.15) is 111 Å². The molecule has 0 heterocycles. The molecule has 0 aromatic carbocycles. The van der Waals surface area contributed by atoms with Gasteiger partial charge in [-0.05, 0) is 51.4 Å². The molecule has 0 fully saturated rings. The number of aliphatic carboxylic acids is 1. The molecule has 3 N–H and O–H groups in total. The largest absolute Gasteiger partial charge is 0.481 e. The molecule has 0 aliphatic rings. The summed E-state index contributed by atoms with van der Waals surface area (Å²) in [5.41, 5.74) is 5.08. The first kappa shape index (κ1) is 30.4. The monoisotopic (exact) mass is 421 g/mol. The first-order valence-electron chi connectivity index (χ1n) is 11.9. The van der Waals surface area contributed by atoms with Crippen molar-refractivity contribution in [3.05, 3.63) is 36.5 Å². The van der Waals surface area contributed by atoms with Gasteiger partial charge in [-0.25, -0.2) is 0 Å². The maximum atomic E-state index is 10.5. The molecule has 1 atom stereocenters. The van der Waals surface area contributed by atoms with Crippen molar-refractivity contribution in [1.29, 1.82) is 0 Å². The normalized spacial score (nSPS) is 12.4. The number of amides is 1. The fourth-order valence-electron chi connectivity index (χ4n) is 2.68. The van der Waals surface area contributed by atoms with Gasteiger partial charge in [-0.15, -0.1) is 0 Å². The van der Waals surface area contributed by atoms with Crippen LogP contribution in [0.15, 0.2) is 36.5 Å². The molecular formula is C26H47NO3. The smallest absolute Gasteiger partial charge is 0.306 e. The van der Waals surface area contributed by atoms with Crippen LogP contribution < -0.4 is 5.73 Å². The summed E-state index contributed by atoms with van der Waals surface area (Å²) in [4.78, 5) is 20.8. The number of nitrogens with two attached hydrogens (primary N) is 1. The fraction of sp³-hybridized carbons (Fsp3) is 0.692. The third kappa shape index (κ3) is 28.4. The van der Waals surface area contributed by atoms with E-state index in [1.807, 2.05) is 0 Å². The fourth-order valence-corrected chi connectivity index (χ4v) is 2.68. The summed E-state index contributed by atoms with van der Waals surface area (Å²) in [7, 11) is 0. The topological polar surface area (TPSA) is 80.4 Å². The maximum absolute atomic E-state index is 10.5. The summed E-state index contributed by atoms with van der Waals surface area (Å²) in [6.45, 7) is 6.11. The van der Waals surface area contributed by atoms with Crippen LogP contribution in [-0.2, 0) is 9.59 Å². The van der Waals surface area contributed by atoms with E-state index in [0.717, 1.165) is 57.8 Å². The van der Waals surface area contributed by atoms with Gasteiger partial charge < -0.3 is 10.8 Å². The van der Waals surface area contributed by atoms with E-state index in [4.69, 9.17) is 10.8 Å². The van der Waals surface area contributed by atoms with Crippen LogP contribution in [0.25, 0.3) is 0 Å². The minimum Gasteiger partial charge on any atom is -0.481 e. The van der Waals surface area contributed by atoms with Crippen molar-refractivity contribution in [3.63, 3.8) is 0 Å². The van der Waals surface area contributed by atoms with E-state index < -0.39 is 5.97 Å². The molecule has 0 aromatic heterocycles. The van der Waals surface area contributed by atoms with Crippen molar-refractivity contribution in [3.8, 4) is 0 Å². The summed E-state index contributed by atoms with van der Waals surface area (Å²) < 4.78 is 0. The Bertz CT molecular complexity index is 481. The number of unbranched alkanes of at least 4 members (excludes halogenated alkanes) is 7. The van der Waals surface area contributed by atoms with Crippen LogP contribution in [0.2, 0.25) is 0 Å². The Morgan fingerprint density at radius 1 is 0.767 bits per heavy atom. The van der Waals surface area contributed by atoms with Gasteiger partial charge in [0.15, 0.2) is 0 Å². The number of allylic oxidation sites excluding steroid dienone is 6. The van der Waals surface area contributed by atoms with Gasteiger partial charge >= 0.3 is 5.97 Å². The zero-order valence-electron chi connectivity index (χ0n) is 19.8. The molecule has 0 spiro atoms. The van der Waals surface area contributed by atoms with Gasteiger partial charge in [-0.2, -0.15) is 0 Å². The van der Waals surface area contributed by atoms with E-state index >= 15 is 0 Å². The summed E-state index contributed by atoms with van der Waals surface area (Å²) in [6, 6.07) is 0. The first-order valence-corrected chi connectivity index (χ1v) is 11.9. The quantitative estimate of drug-likeness (QED) is 0.179. The Hall–Kier alpha value is -1.84. The van der Waals surface area contributed by atoms with Crippen molar-refractivity contribution < 1.29 is 14.7 Å². The molecule has 4 nitrogen and oxygen atoms in total. The number of hydrogen-bond acceptors (Lipinski definition) is 2. The SMILES string of the molecule is CCCCC/C=C\C/C=C\C/C=C\CCCCC(N)=O.CCCCCC(C)C(=O)O. The second-order valence-electron chi connectivity index (χ2n) is 7.83. The molecular weight excluding hydrogens is 374 g/mol. The van der Waals surface area contributed by atoms with Crippen molar-refractivity contribution in [2.24, 2.45) is 11.7 Å². The average Bonchev–Trinajstić information content (AvgIpc) is 2.71. The Morgan fingerprint density at radius 3 is 1.70 bits per heavy atom. The van der Waals surface area contributed by atoms with Gasteiger partial charge in [0.05, 0.1) is 5.92 Å². The minimum absolute atomic E-state index is 0.161. The van der Waals surface area contributed by atoms with E-state index in [-0.39, 0.29) is 11.8 Å². The second kappa shape index (κ2) is 25.2. The van der Waals surface area contributed by atoms with Gasteiger partial charge in [-0.3, -0.25) is 9.59 Å². The molecule has 4 heteroatoms. The summed E-state index contributed by atoms with van der Waals surface area (Å²) in [5, 5.41) is 8.48. The predicted molar refractivity (Wildman–Crippen MR) is 129 cm³/mol. The number of carboxylic acids is 1. The minimum atomic E-state index is -0.670. The van der Waals surface area contributed by atoms with Crippen LogP contribution in [0, 0.1) is 5.92 Å². The summed E-state index contributed by atoms with van der Waals surface area (Å²) >= 11 is 0. The van der Waals surface area contributed by atoms with Crippen LogP contribution in [-0.4, -0.2) is 17.0 Å². The number of carboxylic acid groups (broad SMARTS) is 1. The zero-order valence-corrected chi connectivity index (χ0v) is 19.8. The van der Waals surface area contributed by atoms with E-state index in [2.05, 4.69) is 50.3 Å². The van der Waals surface area contributed by atoms with Gasteiger partial charge in [0.2, 0.25) is 5.91 Å². The Labute approximate surface area is 185 Å². The van der Waals surface area contributed by atoms with Gasteiger partial charge in [0.1, 0.15) is 0 Å². The van der Waals surface area contributed by atoms with Crippen molar-refractivity contribution in [2.75, 3.05) is 0 Å². The standard InChI is InChI=1S/C18H31NO.C8H16O2/c1-2-3-4-5-6-7-8-9-10-11-12-13-14-15-16-17-18(19)20;1-3-4-5-6-7(2)8(9)10/h6-7,9-10,12-13H,2-5,8,11,14-17H2,1H3,(H2,19,20);7H,3-6H2,1-2H3,(H,9,10)/b7-6-,10-9-,13-12-;. The Kier molecular flexibility index (Phi) is 25.5. The highest BCUT2D eigenvalue weighted by Crippen LogP contribution is 2.08. The molecule has 0 saturated heterocycles. The predicted octanol–water partition coefficient (Wildman–Crippen LogP) is 7.35. The average molecular weight is 422 g/mol. The lowest BCUT2D eigenvalue weighted by Crippen LogP contribution is -2.09. The van der Waals surface area contributed by atoms with Crippen LogP contribution >= 0.6 is 0 Å². The molecule has 30 heavy (non-hydrogen) atoms. The lowest BCUT2D eigenvalue weighted by molar-refractivity contribution is -0.141. The molecule has 0 aliphatic heterocycles. The number of primary amides is 1. The van der Waals surface area contributed by atoms with Gasteiger partial charge in [0.25, 0.3) is 0 Å². The third-order valence-corrected chi connectivity index (χ3v) is 4.72. The lowest BCUT2D eigenvalue weighted by Gasteiger charge is -2.03. The van der Waals surface area contributed by atoms with Gasteiger partial charge in [-0.1, -0.05) is 89.3 Å². The van der Waals surface area contributed by atoms with Crippen molar-refractivity contribution in [1.82, 2.24) is 0 Å². The molecule has 0 aromatic rings. The Morgan fingerprint density at radius 2 is 1.23 bits per heavy atom. The van der Waals surface area contributed by atoms with Crippen molar-refractivity contribution >= 4 is 11.9 Å². The molecule has 1 amide bonds. The molecule has 0 aliphatic carbocycles. The number of carbonyl (C=O) groups is 2. The van der Waals surface area contributed by atoms with Crippen LogP contribution in [0.5, 0.6) is 0 Å². The molecule has 0 rings (SSSR count). The number of hydrogen-bond donors (Lipinski definition) is 2. The first-order chi connectivity index (χ1) is 14.5. The second-order valence-corrected chi connectivity index (χ2v) is 7.83. The Balaban J connectivity index is 0. The highest BCUT2D eigenvalue weighted by molar-refractivity contribution is 5.73. The van der Waals surface area contributed by atoms with E-state index in [9.17, 15) is 9.59 Å². The zero-order chi connectivity index (χ0) is 22.9.